The first-order valence-corrected chi connectivity index (χ1v) is 6.62. The van der Waals surface area contributed by atoms with Crippen LogP contribution in [0.15, 0.2) is 36.5 Å². The molecule has 2 rings (SSSR count). The molecule has 0 unspecified atom stereocenters. The number of aromatic carboxylic acids is 1. The van der Waals surface area contributed by atoms with Crippen LogP contribution in [0.1, 0.15) is 33.3 Å². The van der Waals surface area contributed by atoms with E-state index in [0.717, 1.165) is 5.56 Å². The van der Waals surface area contributed by atoms with Crippen LogP contribution in [-0.4, -0.2) is 38.7 Å². The van der Waals surface area contributed by atoms with E-state index in [1.807, 2.05) is 6.92 Å². The molecule has 1 aromatic heterocycles. The molecule has 0 aliphatic heterocycles. The molecular weight excluding hydrogens is 270 g/mol. The standard InChI is InChI=1S/C15H17N3O3/c1-3-18-9-8-13(16-18)14(19)17(2)10-11-4-6-12(7-5-11)15(20)21/h4-9H,3,10H2,1-2H3,(H,20,21). The van der Waals surface area contributed by atoms with Crippen LogP contribution < -0.4 is 0 Å². The molecule has 21 heavy (non-hydrogen) atoms. The number of rotatable bonds is 5. The van der Waals surface area contributed by atoms with Gasteiger partial charge in [-0.2, -0.15) is 5.10 Å². The molecule has 1 heterocycles. The Morgan fingerprint density at radius 2 is 1.90 bits per heavy atom. The highest BCUT2D eigenvalue weighted by atomic mass is 16.4. The second-order valence-electron chi connectivity index (χ2n) is 4.72. The van der Waals surface area contributed by atoms with E-state index in [0.29, 0.717) is 18.8 Å². The van der Waals surface area contributed by atoms with Crippen molar-refractivity contribution in [3.05, 3.63) is 53.3 Å². The molecule has 2 aromatic rings. The Labute approximate surface area is 122 Å². The minimum Gasteiger partial charge on any atom is -0.478 e. The molecule has 0 aliphatic rings. The average molecular weight is 287 g/mol. The van der Waals surface area contributed by atoms with E-state index >= 15 is 0 Å². The second-order valence-corrected chi connectivity index (χ2v) is 4.72. The number of benzene rings is 1. The Balaban J connectivity index is 2.04. The van der Waals surface area contributed by atoms with Crippen molar-refractivity contribution in [2.75, 3.05) is 7.05 Å². The fourth-order valence-electron chi connectivity index (χ4n) is 1.95. The third-order valence-corrected chi connectivity index (χ3v) is 3.15. The third-order valence-electron chi connectivity index (χ3n) is 3.15. The van der Waals surface area contributed by atoms with Gasteiger partial charge in [0.1, 0.15) is 5.69 Å². The van der Waals surface area contributed by atoms with E-state index in [1.165, 1.54) is 12.1 Å². The first-order valence-electron chi connectivity index (χ1n) is 6.62. The van der Waals surface area contributed by atoms with Gasteiger partial charge in [0, 0.05) is 26.3 Å². The van der Waals surface area contributed by atoms with Crippen LogP contribution in [0.5, 0.6) is 0 Å². The van der Waals surface area contributed by atoms with Gasteiger partial charge in [0.05, 0.1) is 5.56 Å². The number of carbonyl (C=O) groups excluding carboxylic acids is 1. The van der Waals surface area contributed by atoms with Crippen LogP contribution in [0.3, 0.4) is 0 Å². The second kappa shape index (κ2) is 6.21. The summed E-state index contributed by atoms with van der Waals surface area (Å²) in [5.41, 5.74) is 1.50. The lowest BCUT2D eigenvalue weighted by Gasteiger charge is -2.16. The molecule has 0 radical (unpaired) electrons. The van der Waals surface area contributed by atoms with Crippen molar-refractivity contribution in [1.82, 2.24) is 14.7 Å². The zero-order valence-electron chi connectivity index (χ0n) is 12.0. The molecular formula is C15H17N3O3. The van der Waals surface area contributed by atoms with Crippen molar-refractivity contribution in [2.24, 2.45) is 0 Å². The number of aryl methyl sites for hydroxylation is 1. The average Bonchev–Trinajstić information content (AvgIpc) is 2.95. The van der Waals surface area contributed by atoms with Crippen molar-refractivity contribution in [3.63, 3.8) is 0 Å². The van der Waals surface area contributed by atoms with Crippen molar-refractivity contribution >= 4 is 11.9 Å². The number of hydrogen-bond donors (Lipinski definition) is 1. The zero-order valence-corrected chi connectivity index (χ0v) is 12.0. The molecule has 0 aliphatic carbocycles. The number of carboxylic acids is 1. The topological polar surface area (TPSA) is 75.4 Å². The van der Waals surface area contributed by atoms with Crippen molar-refractivity contribution in [1.29, 1.82) is 0 Å². The third kappa shape index (κ3) is 3.47. The maximum Gasteiger partial charge on any atom is 0.335 e. The van der Waals surface area contributed by atoms with Crippen molar-refractivity contribution in [2.45, 2.75) is 20.0 Å². The predicted molar refractivity (Wildman–Crippen MR) is 77.1 cm³/mol. The van der Waals surface area contributed by atoms with E-state index < -0.39 is 5.97 Å². The molecule has 0 atom stereocenters. The highest BCUT2D eigenvalue weighted by Crippen LogP contribution is 2.09. The smallest absolute Gasteiger partial charge is 0.335 e. The maximum atomic E-state index is 12.2. The fourth-order valence-corrected chi connectivity index (χ4v) is 1.95. The quantitative estimate of drug-likeness (QED) is 0.911. The summed E-state index contributed by atoms with van der Waals surface area (Å²) >= 11 is 0. The lowest BCUT2D eigenvalue weighted by Crippen LogP contribution is -2.26. The predicted octanol–water partition coefficient (Wildman–Crippen LogP) is 1.87. The Morgan fingerprint density at radius 1 is 1.24 bits per heavy atom. The summed E-state index contributed by atoms with van der Waals surface area (Å²) in [6, 6.07) is 8.16. The van der Waals surface area contributed by atoms with Crippen LogP contribution in [0.2, 0.25) is 0 Å². The molecule has 0 saturated carbocycles. The lowest BCUT2D eigenvalue weighted by atomic mass is 10.1. The van der Waals surface area contributed by atoms with Gasteiger partial charge in [-0.3, -0.25) is 9.48 Å². The van der Waals surface area contributed by atoms with E-state index in [1.54, 1.807) is 41.0 Å². The van der Waals surface area contributed by atoms with Gasteiger partial charge in [-0.05, 0) is 30.7 Å². The van der Waals surface area contributed by atoms with Crippen molar-refractivity contribution in [3.8, 4) is 0 Å². The van der Waals surface area contributed by atoms with E-state index in [-0.39, 0.29) is 11.5 Å². The first kappa shape index (κ1) is 14.8. The number of amides is 1. The minimum atomic E-state index is -0.962. The van der Waals surface area contributed by atoms with Crippen LogP contribution >= 0.6 is 0 Å². The fraction of sp³-hybridized carbons (Fsp3) is 0.267. The molecule has 1 amide bonds. The summed E-state index contributed by atoms with van der Waals surface area (Å²) in [6.45, 7) is 3.07. The summed E-state index contributed by atoms with van der Waals surface area (Å²) in [5.74, 6) is -1.12. The van der Waals surface area contributed by atoms with Crippen LogP contribution in [0.4, 0.5) is 0 Å². The summed E-state index contributed by atoms with van der Waals surface area (Å²) < 4.78 is 1.70. The molecule has 0 saturated heterocycles. The minimum absolute atomic E-state index is 0.162. The highest BCUT2D eigenvalue weighted by molar-refractivity contribution is 5.92. The molecule has 110 valence electrons. The molecule has 6 heteroatoms. The summed E-state index contributed by atoms with van der Waals surface area (Å²) in [4.78, 5) is 24.5. The summed E-state index contributed by atoms with van der Waals surface area (Å²) in [7, 11) is 1.69. The number of carbonyl (C=O) groups is 2. The van der Waals surface area contributed by atoms with Gasteiger partial charge in [-0.15, -0.1) is 0 Å². The number of carboxylic acid groups (broad SMARTS) is 1. The largest absolute Gasteiger partial charge is 0.478 e. The zero-order chi connectivity index (χ0) is 15.4. The van der Waals surface area contributed by atoms with Gasteiger partial charge in [-0.1, -0.05) is 12.1 Å². The SMILES string of the molecule is CCn1ccc(C(=O)N(C)Cc2ccc(C(=O)O)cc2)n1. The summed E-state index contributed by atoms with van der Waals surface area (Å²) in [6.07, 6.45) is 1.77. The Morgan fingerprint density at radius 3 is 2.43 bits per heavy atom. The van der Waals surface area contributed by atoms with Gasteiger partial charge in [0.15, 0.2) is 0 Å². The molecule has 1 aromatic carbocycles. The van der Waals surface area contributed by atoms with Gasteiger partial charge in [0.25, 0.3) is 5.91 Å². The number of hydrogen-bond acceptors (Lipinski definition) is 3. The highest BCUT2D eigenvalue weighted by Gasteiger charge is 2.15. The summed E-state index contributed by atoms with van der Waals surface area (Å²) in [5, 5.41) is 13.0. The van der Waals surface area contributed by atoms with Gasteiger partial charge in [-0.25, -0.2) is 4.79 Å². The monoisotopic (exact) mass is 287 g/mol. The molecule has 0 bridgehead atoms. The van der Waals surface area contributed by atoms with E-state index in [2.05, 4.69) is 5.10 Å². The van der Waals surface area contributed by atoms with E-state index in [4.69, 9.17) is 5.11 Å². The van der Waals surface area contributed by atoms with Gasteiger partial charge < -0.3 is 10.0 Å². The maximum absolute atomic E-state index is 12.2. The molecule has 1 N–H and O–H groups in total. The Kier molecular flexibility index (Phi) is 4.37. The Hall–Kier alpha value is -2.63. The normalized spacial score (nSPS) is 10.4. The van der Waals surface area contributed by atoms with Crippen LogP contribution in [0.25, 0.3) is 0 Å². The molecule has 0 fully saturated rings. The van der Waals surface area contributed by atoms with Gasteiger partial charge in [0.2, 0.25) is 0 Å². The Bertz CT molecular complexity index is 646. The molecule has 6 nitrogen and oxygen atoms in total. The van der Waals surface area contributed by atoms with E-state index in [9.17, 15) is 9.59 Å². The van der Waals surface area contributed by atoms with Gasteiger partial charge >= 0.3 is 5.97 Å². The first-order chi connectivity index (χ1) is 10.0. The lowest BCUT2D eigenvalue weighted by molar-refractivity contribution is 0.0695. The number of nitrogens with zero attached hydrogens (tertiary/aromatic N) is 3. The van der Waals surface area contributed by atoms with Crippen LogP contribution in [-0.2, 0) is 13.1 Å². The molecule has 0 spiro atoms. The van der Waals surface area contributed by atoms with Crippen molar-refractivity contribution < 1.29 is 14.7 Å². The van der Waals surface area contributed by atoms with Crippen LogP contribution in [0, 0.1) is 0 Å². The number of aromatic nitrogens is 2.